The molecule has 6 nitrogen and oxygen atoms in total. The molecule has 1 aromatic carbocycles. The molecule has 1 fully saturated rings. The predicted octanol–water partition coefficient (Wildman–Crippen LogP) is 3.53. The van der Waals surface area contributed by atoms with Gasteiger partial charge in [0.2, 0.25) is 5.91 Å². The van der Waals surface area contributed by atoms with Crippen molar-refractivity contribution in [3.63, 3.8) is 0 Å². The summed E-state index contributed by atoms with van der Waals surface area (Å²) in [5.41, 5.74) is 2.69. The van der Waals surface area contributed by atoms with Crippen molar-refractivity contribution < 1.29 is 9.32 Å². The largest absolute Gasteiger partial charge is 0.361 e. The van der Waals surface area contributed by atoms with Crippen molar-refractivity contribution in [1.82, 2.24) is 20.4 Å². The summed E-state index contributed by atoms with van der Waals surface area (Å²) in [6, 6.07) is 12.3. The van der Waals surface area contributed by atoms with Crippen LogP contribution < -0.4 is 5.32 Å². The van der Waals surface area contributed by atoms with Gasteiger partial charge in [0.15, 0.2) is 0 Å². The Hall–Kier alpha value is -2.73. The molecule has 0 bridgehead atoms. The summed E-state index contributed by atoms with van der Waals surface area (Å²) in [7, 11) is 1.71. The first kappa shape index (κ1) is 19.6. The average Bonchev–Trinajstić information content (AvgIpc) is 3.36. The third-order valence-electron chi connectivity index (χ3n) is 5.96. The summed E-state index contributed by atoms with van der Waals surface area (Å²) in [5, 5.41) is 8.21. The standard InChI is InChI=1S/C23H28N4O2/c1-16(2)21-12-18(29-26-21)13-23(22(28)24-3)9-11-27(15-23)14-17-8-10-25-20-7-5-4-6-19(17)20/h4-8,10,12,16H,9,11,13-15H2,1-3H3,(H,24,28)/t23-/m1/s1. The van der Waals surface area contributed by atoms with Crippen molar-refractivity contribution in [2.75, 3.05) is 20.1 Å². The van der Waals surface area contributed by atoms with Crippen LogP contribution in [0.4, 0.5) is 0 Å². The summed E-state index contributed by atoms with van der Waals surface area (Å²) < 4.78 is 5.56. The minimum Gasteiger partial charge on any atom is -0.361 e. The Morgan fingerprint density at radius 2 is 2.14 bits per heavy atom. The van der Waals surface area contributed by atoms with Crippen molar-refractivity contribution in [2.24, 2.45) is 5.41 Å². The van der Waals surface area contributed by atoms with Crippen LogP contribution in [0.15, 0.2) is 47.1 Å². The molecule has 1 aliphatic rings. The molecule has 0 spiro atoms. The summed E-state index contributed by atoms with van der Waals surface area (Å²) in [6.07, 6.45) is 3.23. The highest BCUT2D eigenvalue weighted by Crippen LogP contribution is 2.36. The van der Waals surface area contributed by atoms with Crippen molar-refractivity contribution in [1.29, 1.82) is 0 Å². The molecule has 6 heteroatoms. The van der Waals surface area contributed by atoms with Crippen molar-refractivity contribution in [3.8, 4) is 0 Å². The van der Waals surface area contributed by atoms with Crippen LogP contribution in [0.1, 0.15) is 43.2 Å². The number of pyridine rings is 1. The maximum atomic E-state index is 12.9. The molecule has 2 aromatic heterocycles. The zero-order valence-corrected chi connectivity index (χ0v) is 17.3. The summed E-state index contributed by atoms with van der Waals surface area (Å²) in [6.45, 7) is 6.55. The topological polar surface area (TPSA) is 71.3 Å². The molecule has 0 unspecified atom stereocenters. The third kappa shape index (κ3) is 3.90. The normalized spacial score (nSPS) is 19.9. The third-order valence-corrected chi connectivity index (χ3v) is 5.96. The zero-order valence-electron chi connectivity index (χ0n) is 17.3. The minimum absolute atomic E-state index is 0.0714. The molecule has 4 rings (SSSR count). The smallest absolute Gasteiger partial charge is 0.227 e. The monoisotopic (exact) mass is 392 g/mol. The lowest BCUT2D eigenvalue weighted by atomic mass is 9.81. The number of carbonyl (C=O) groups excluding carboxylic acids is 1. The summed E-state index contributed by atoms with van der Waals surface area (Å²) in [4.78, 5) is 19.7. The van der Waals surface area contributed by atoms with Gasteiger partial charge in [-0.3, -0.25) is 14.7 Å². The molecular formula is C23H28N4O2. The fraction of sp³-hybridized carbons (Fsp3) is 0.435. The lowest BCUT2D eigenvalue weighted by Crippen LogP contribution is -2.43. The van der Waals surface area contributed by atoms with Crippen LogP contribution >= 0.6 is 0 Å². The van der Waals surface area contributed by atoms with Crippen LogP contribution in [0.2, 0.25) is 0 Å². The molecule has 3 aromatic rings. The van der Waals surface area contributed by atoms with Gasteiger partial charge in [-0.15, -0.1) is 0 Å². The maximum absolute atomic E-state index is 12.9. The van der Waals surface area contributed by atoms with Gasteiger partial charge in [0, 0.05) is 44.2 Å². The van der Waals surface area contributed by atoms with Crippen LogP contribution in [0.5, 0.6) is 0 Å². The molecule has 1 atom stereocenters. The van der Waals surface area contributed by atoms with Crippen molar-refractivity contribution in [3.05, 3.63) is 59.6 Å². The molecule has 0 aliphatic carbocycles. The Balaban J connectivity index is 1.55. The number of amides is 1. The highest BCUT2D eigenvalue weighted by molar-refractivity contribution is 5.83. The Bertz CT molecular complexity index is 1010. The van der Waals surface area contributed by atoms with Crippen LogP contribution in [0.25, 0.3) is 10.9 Å². The molecule has 3 heterocycles. The zero-order chi connectivity index (χ0) is 20.4. The first-order chi connectivity index (χ1) is 14.0. The molecule has 152 valence electrons. The Morgan fingerprint density at radius 1 is 1.31 bits per heavy atom. The Kier molecular flexibility index (Phi) is 5.37. The Labute approximate surface area is 171 Å². The van der Waals surface area contributed by atoms with Crippen molar-refractivity contribution in [2.45, 2.75) is 39.2 Å². The van der Waals surface area contributed by atoms with Gasteiger partial charge >= 0.3 is 0 Å². The predicted molar refractivity (Wildman–Crippen MR) is 112 cm³/mol. The molecule has 1 N–H and O–H groups in total. The van der Waals surface area contributed by atoms with E-state index in [1.54, 1.807) is 7.05 Å². The number of hydrogen-bond donors (Lipinski definition) is 1. The number of fused-ring (bicyclic) bond motifs is 1. The van der Waals surface area contributed by atoms with Gasteiger partial charge in [0.1, 0.15) is 5.76 Å². The van der Waals surface area contributed by atoms with E-state index in [2.05, 4.69) is 46.3 Å². The van der Waals surface area contributed by atoms with Gasteiger partial charge in [0.25, 0.3) is 0 Å². The van der Waals surface area contributed by atoms with E-state index < -0.39 is 5.41 Å². The minimum atomic E-state index is -0.495. The molecule has 1 saturated heterocycles. The number of likely N-dealkylation sites (tertiary alicyclic amines) is 1. The highest BCUT2D eigenvalue weighted by Gasteiger charge is 2.45. The van der Waals surface area contributed by atoms with E-state index in [1.165, 1.54) is 10.9 Å². The van der Waals surface area contributed by atoms with E-state index in [0.717, 1.165) is 36.5 Å². The van der Waals surface area contributed by atoms with Crippen LogP contribution in [0, 0.1) is 5.41 Å². The second-order valence-corrected chi connectivity index (χ2v) is 8.36. The van der Waals surface area contributed by atoms with E-state index in [4.69, 9.17) is 4.52 Å². The van der Waals surface area contributed by atoms with Gasteiger partial charge in [-0.25, -0.2) is 0 Å². The summed E-state index contributed by atoms with van der Waals surface area (Å²) >= 11 is 0. The van der Waals surface area contributed by atoms with Gasteiger partial charge in [-0.1, -0.05) is 37.2 Å². The van der Waals surface area contributed by atoms with E-state index in [-0.39, 0.29) is 5.91 Å². The number of para-hydroxylation sites is 1. The summed E-state index contributed by atoms with van der Waals surface area (Å²) in [5.74, 6) is 1.17. The van der Waals surface area contributed by atoms with Crippen LogP contribution in [-0.2, 0) is 17.8 Å². The van der Waals surface area contributed by atoms with Gasteiger partial charge in [-0.05, 0) is 36.6 Å². The first-order valence-electron chi connectivity index (χ1n) is 10.2. The second-order valence-electron chi connectivity index (χ2n) is 8.36. The second kappa shape index (κ2) is 7.95. The van der Waals surface area contributed by atoms with Crippen molar-refractivity contribution >= 4 is 16.8 Å². The van der Waals surface area contributed by atoms with E-state index in [1.807, 2.05) is 30.5 Å². The molecule has 0 radical (unpaired) electrons. The number of rotatable bonds is 6. The maximum Gasteiger partial charge on any atom is 0.227 e. The van der Waals surface area contributed by atoms with E-state index >= 15 is 0 Å². The van der Waals surface area contributed by atoms with Crippen LogP contribution in [0.3, 0.4) is 0 Å². The molecular weight excluding hydrogens is 364 g/mol. The number of nitrogens with zero attached hydrogens (tertiary/aromatic N) is 3. The van der Waals surface area contributed by atoms with Gasteiger partial charge in [0.05, 0.1) is 16.6 Å². The van der Waals surface area contributed by atoms with E-state index in [9.17, 15) is 4.79 Å². The highest BCUT2D eigenvalue weighted by atomic mass is 16.5. The number of benzene rings is 1. The number of nitrogens with one attached hydrogen (secondary N) is 1. The number of carbonyl (C=O) groups is 1. The lowest BCUT2D eigenvalue weighted by molar-refractivity contribution is -0.130. The first-order valence-corrected chi connectivity index (χ1v) is 10.2. The van der Waals surface area contributed by atoms with Crippen LogP contribution in [-0.4, -0.2) is 41.1 Å². The molecule has 1 amide bonds. The fourth-order valence-corrected chi connectivity index (χ4v) is 4.32. The quantitative estimate of drug-likeness (QED) is 0.695. The van der Waals surface area contributed by atoms with Gasteiger partial charge < -0.3 is 9.84 Å². The Morgan fingerprint density at radius 3 is 2.90 bits per heavy atom. The SMILES string of the molecule is CNC(=O)[C@@]1(Cc2cc(C(C)C)no2)CCN(Cc2ccnc3ccccc23)C1. The molecule has 1 aliphatic heterocycles. The fourth-order valence-electron chi connectivity index (χ4n) is 4.32. The number of aromatic nitrogens is 2. The average molecular weight is 393 g/mol. The number of hydrogen-bond acceptors (Lipinski definition) is 5. The van der Waals surface area contributed by atoms with E-state index in [0.29, 0.717) is 18.9 Å². The molecule has 0 saturated carbocycles. The lowest BCUT2D eigenvalue weighted by Gasteiger charge is -2.26. The molecule has 29 heavy (non-hydrogen) atoms. The van der Waals surface area contributed by atoms with Gasteiger partial charge in [-0.2, -0.15) is 0 Å².